The molecule has 1 rings (SSSR count). The molecule has 104 valence electrons. The quantitative estimate of drug-likeness (QED) is 0.560. The van der Waals surface area contributed by atoms with Crippen molar-refractivity contribution in [1.82, 2.24) is 10.1 Å². The highest BCUT2D eigenvalue weighted by Gasteiger charge is 2.56. The van der Waals surface area contributed by atoms with Gasteiger partial charge in [-0.05, 0) is 12.8 Å². The maximum Gasteiger partial charge on any atom is 0.453 e. The van der Waals surface area contributed by atoms with Crippen LogP contribution in [0.15, 0.2) is 10.9 Å². The highest BCUT2D eigenvalue weighted by Crippen LogP contribution is 2.39. The van der Waals surface area contributed by atoms with Gasteiger partial charge in [-0.1, -0.05) is 18.0 Å². The van der Waals surface area contributed by atoms with Crippen molar-refractivity contribution in [3.63, 3.8) is 0 Å². The number of hydrogen-bond donors (Lipinski definition) is 0. The topological polar surface area (TPSA) is 38.9 Å². The van der Waals surface area contributed by atoms with Gasteiger partial charge in [0.15, 0.2) is 5.82 Å². The predicted octanol–water partition coefficient (Wildman–Crippen LogP) is 3.76. The van der Waals surface area contributed by atoms with Crippen LogP contribution in [-0.4, -0.2) is 22.2 Å². The molecule has 3 nitrogen and oxygen atoms in total. The largest absolute Gasteiger partial charge is 0.453 e. The number of alkyl halides is 5. The van der Waals surface area contributed by atoms with Gasteiger partial charge in [-0.15, -0.1) is 0 Å². The molecule has 8 heteroatoms. The fourth-order valence-corrected chi connectivity index (χ4v) is 1.43. The van der Waals surface area contributed by atoms with Crippen molar-refractivity contribution < 1.29 is 26.5 Å². The molecule has 0 aromatic carbocycles. The molecule has 0 amide bonds. The first-order valence-corrected chi connectivity index (χ1v) is 5.53. The van der Waals surface area contributed by atoms with Crippen LogP contribution in [0, 0.1) is 0 Å². The molecular formula is C10H13F5N2O. The SMILES string of the molecule is FC(F)(F)C(F)(F)CCCCCCc1ncon1. The second-order valence-electron chi connectivity index (χ2n) is 3.96. The number of hydrogen-bond acceptors (Lipinski definition) is 3. The van der Waals surface area contributed by atoms with Crippen LogP contribution in [0.2, 0.25) is 0 Å². The van der Waals surface area contributed by atoms with Crippen molar-refractivity contribution in [3.05, 3.63) is 12.2 Å². The second kappa shape index (κ2) is 6.10. The van der Waals surface area contributed by atoms with Crippen LogP contribution >= 0.6 is 0 Å². The summed E-state index contributed by atoms with van der Waals surface area (Å²) >= 11 is 0. The lowest BCUT2D eigenvalue weighted by atomic mass is 10.1. The first-order chi connectivity index (χ1) is 8.33. The molecule has 1 heterocycles. The molecule has 0 aliphatic heterocycles. The standard InChI is InChI=1S/C10H13F5N2O/c11-9(12,10(13,14)15)6-4-2-1-3-5-8-16-7-18-17-8/h7H,1-6H2. The third-order valence-electron chi connectivity index (χ3n) is 2.46. The molecule has 0 saturated carbocycles. The third kappa shape index (κ3) is 4.58. The summed E-state index contributed by atoms with van der Waals surface area (Å²) in [5, 5.41) is 3.55. The molecule has 0 radical (unpaired) electrons. The van der Waals surface area contributed by atoms with Crippen LogP contribution < -0.4 is 0 Å². The fourth-order valence-electron chi connectivity index (χ4n) is 1.43. The van der Waals surface area contributed by atoms with Gasteiger partial charge in [0.2, 0.25) is 6.39 Å². The summed E-state index contributed by atoms with van der Waals surface area (Å²) in [6.07, 6.45) is -3.52. The van der Waals surface area contributed by atoms with E-state index in [0.29, 0.717) is 31.5 Å². The minimum atomic E-state index is -5.45. The first-order valence-electron chi connectivity index (χ1n) is 5.53. The van der Waals surface area contributed by atoms with Crippen molar-refractivity contribution in [1.29, 1.82) is 0 Å². The van der Waals surface area contributed by atoms with E-state index >= 15 is 0 Å². The molecule has 18 heavy (non-hydrogen) atoms. The predicted molar refractivity (Wildman–Crippen MR) is 52.1 cm³/mol. The second-order valence-corrected chi connectivity index (χ2v) is 3.96. The minimum absolute atomic E-state index is 0.154. The Morgan fingerprint density at radius 3 is 2.22 bits per heavy atom. The Bertz CT molecular complexity index is 337. The molecule has 0 spiro atoms. The zero-order valence-electron chi connectivity index (χ0n) is 9.51. The van der Waals surface area contributed by atoms with Gasteiger partial charge in [0.25, 0.3) is 0 Å². The van der Waals surface area contributed by atoms with E-state index in [4.69, 9.17) is 0 Å². The number of rotatable bonds is 7. The van der Waals surface area contributed by atoms with Crippen LogP contribution in [0.4, 0.5) is 22.0 Å². The average Bonchev–Trinajstić information content (AvgIpc) is 2.74. The van der Waals surface area contributed by atoms with Gasteiger partial charge >= 0.3 is 12.1 Å². The van der Waals surface area contributed by atoms with E-state index in [2.05, 4.69) is 14.7 Å². The van der Waals surface area contributed by atoms with Gasteiger partial charge in [0.1, 0.15) is 0 Å². The molecule has 0 aliphatic rings. The number of unbranched alkanes of at least 4 members (excludes halogenated alkanes) is 3. The third-order valence-corrected chi connectivity index (χ3v) is 2.46. The summed E-state index contributed by atoms with van der Waals surface area (Å²) in [7, 11) is 0. The highest BCUT2D eigenvalue weighted by atomic mass is 19.4. The summed E-state index contributed by atoms with van der Waals surface area (Å²) in [6.45, 7) is 0. The van der Waals surface area contributed by atoms with Crippen molar-refractivity contribution >= 4 is 0 Å². The Morgan fingerprint density at radius 1 is 1.00 bits per heavy atom. The molecule has 0 N–H and O–H groups in total. The van der Waals surface area contributed by atoms with E-state index < -0.39 is 18.5 Å². The summed E-state index contributed by atoms with van der Waals surface area (Å²) < 4.78 is 65.0. The Morgan fingerprint density at radius 2 is 1.67 bits per heavy atom. The number of aryl methyl sites for hydroxylation is 1. The van der Waals surface area contributed by atoms with Gasteiger partial charge in [-0.2, -0.15) is 26.9 Å². The minimum Gasteiger partial charge on any atom is -0.343 e. The molecule has 0 atom stereocenters. The molecule has 1 aromatic rings. The molecule has 0 unspecified atom stereocenters. The molecule has 0 saturated heterocycles. The Labute approximate surface area is 100 Å². The molecular weight excluding hydrogens is 259 g/mol. The van der Waals surface area contributed by atoms with Crippen LogP contribution in [0.25, 0.3) is 0 Å². The van der Waals surface area contributed by atoms with E-state index in [1.54, 1.807) is 0 Å². The first kappa shape index (κ1) is 14.8. The van der Waals surface area contributed by atoms with Crippen LogP contribution in [0.5, 0.6) is 0 Å². The Balaban J connectivity index is 2.08. The van der Waals surface area contributed by atoms with Crippen molar-refractivity contribution in [2.45, 2.75) is 50.6 Å². The van der Waals surface area contributed by atoms with E-state index in [1.807, 2.05) is 0 Å². The fraction of sp³-hybridized carbons (Fsp3) is 0.800. The number of halogens is 5. The Hall–Kier alpha value is -1.21. The lowest BCUT2D eigenvalue weighted by Crippen LogP contribution is -2.36. The zero-order chi connectivity index (χ0) is 13.6. The normalized spacial score (nSPS) is 12.9. The van der Waals surface area contributed by atoms with E-state index in [0.717, 1.165) is 0 Å². The molecule has 0 bridgehead atoms. The number of nitrogens with zero attached hydrogens (tertiary/aromatic N) is 2. The van der Waals surface area contributed by atoms with Gasteiger partial charge in [-0.25, -0.2) is 0 Å². The lowest BCUT2D eigenvalue weighted by Gasteiger charge is -2.19. The smallest absolute Gasteiger partial charge is 0.343 e. The van der Waals surface area contributed by atoms with E-state index in [1.165, 1.54) is 6.39 Å². The summed E-state index contributed by atoms with van der Waals surface area (Å²) in [5.41, 5.74) is 0. The Kier molecular flexibility index (Phi) is 5.03. The maximum absolute atomic E-state index is 12.5. The summed E-state index contributed by atoms with van der Waals surface area (Å²) in [4.78, 5) is 3.76. The van der Waals surface area contributed by atoms with Gasteiger partial charge in [0.05, 0.1) is 0 Å². The monoisotopic (exact) mass is 272 g/mol. The molecule has 0 fully saturated rings. The molecule has 1 aromatic heterocycles. The number of aromatic nitrogens is 2. The van der Waals surface area contributed by atoms with Crippen LogP contribution in [-0.2, 0) is 6.42 Å². The summed E-state index contributed by atoms with van der Waals surface area (Å²) in [6, 6.07) is 0. The van der Waals surface area contributed by atoms with Gasteiger partial charge < -0.3 is 4.52 Å². The zero-order valence-corrected chi connectivity index (χ0v) is 9.51. The average molecular weight is 272 g/mol. The van der Waals surface area contributed by atoms with Gasteiger partial charge in [-0.3, -0.25) is 0 Å². The van der Waals surface area contributed by atoms with Crippen molar-refractivity contribution in [2.75, 3.05) is 0 Å². The lowest BCUT2D eigenvalue weighted by molar-refractivity contribution is -0.284. The van der Waals surface area contributed by atoms with E-state index in [9.17, 15) is 22.0 Å². The van der Waals surface area contributed by atoms with Crippen molar-refractivity contribution in [3.8, 4) is 0 Å². The van der Waals surface area contributed by atoms with Crippen LogP contribution in [0.3, 0.4) is 0 Å². The maximum atomic E-state index is 12.5. The van der Waals surface area contributed by atoms with Crippen molar-refractivity contribution in [2.24, 2.45) is 0 Å². The summed E-state index contributed by atoms with van der Waals surface area (Å²) in [5.74, 6) is -4.07. The van der Waals surface area contributed by atoms with E-state index in [-0.39, 0.29) is 6.42 Å². The molecule has 0 aliphatic carbocycles. The van der Waals surface area contributed by atoms with Crippen LogP contribution in [0.1, 0.15) is 37.9 Å². The van der Waals surface area contributed by atoms with Gasteiger partial charge in [0, 0.05) is 12.8 Å². The highest BCUT2D eigenvalue weighted by molar-refractivity contribution is 4.78.